The molecule has 0 aromatic heterocycles. The third-order valence-corrected chi connectivity index (χ3v) is 4.73. The molecule has 1 heterocycles. The summed E-state index contributed by atoms with van der Waals surface area (Å²) in [6, 6.07) is 3.91. The Labute approximate surface area is 141 Å². The van der Waals surface area contributed by atoms with Crippen molar-refractivity contribution in [3.05, 3.63) is 29.6 Å². The van der Waals surface area contributed by atoms with Gasteiger partial charge in [0.25, 0.3) is 5.91 Å². The molecule has 1 saturated heterocycles. The van der Waals surface area contributed by atoms with Gasteiger partial charge in [0.2, 0.25) is 5.91 Å². The SMILES string of the molecule is CC(C)[C@@H](C)NC(=O)C1CCN(C(=O)c2c(O)cccc2F)CC1. The molecule has 0 unspecified atom stereocenters. The zero-order chi connectivity index (χ0) is 17.9. The van der Waals surface area contributed by atoms with Crippen LogP contribution in [0.25, 0.3) is 0 Å². The Morgan fingerprint density at radius 3 is 2.42 bits per heavy atom. The number of likely N-dealkylation sites (tertiary alicyclic amines) is 1. The summed E-state index contributed by atoms with van der Waals surface area (Å²) < 4.78 is 13.8. The number of carbonyl (C=O) groups excluding carboxylic acids is 2. The highest BCUT2D eigenvalue weighted by atomic mass is 19.1. The van der Waals surface area contributed by atoms with Crippen molar-refractivity contribution in [3.8, 4) is 5.75 Å². The van der Waals surface area contributed by atoms with E-state index in [1.165, 1.54) is 17.0 Å². The number of nitrogens with one attached hydrogen (secondary N) is 1. The summed E-state index contributed by atoms with van der Waals surface area (Å²) in [6.45, 7) is 6.82. The lowest BCUT2D eigenvalue weighted by Gasteiger charge is -2.32. The van der Waals surface area contributed by atoms with Gasteiger partial charge in [0.1, 0.15) is 17.1 Å². The Hall–Kier alpha value is -2.11. The predicted octanol–water partition coefficient (Wildman–Crippen LogP) is 2.54. The van der Waals surface area contributed by atoms with E-state index in [0.29, 0.717) is 31.8 Å². The minimum atomic E-state index is -0.731. The van der Waals surface area contributed by atoms with Crippen LogP contribution >= 0.6 is 0 Å². The molecule has 1 aromatic carbocycles. The first kappa shape index (κ1) is 18.2. The van der Waals surface area contributed by atoms with Crippen molar-refractivity contribution in [1.29, 1.82) is 0 Å². The minimum Gasteiger partial charge on any atom is -0.507 e. The maximum atomic E-state index is 13.8. The van der Waals surface area contributed by atoms with Gasteiger partial charge in [-0.3, -0.25) is 9.59 Å². The molecule has 1 fully saturated rings. The molecule has 24 heavy (non-hydrogen) atoms. The Kier molecular flexibility index (Phi) is 5.80. The van der Waals surface area contributed by atoms with Crippen LogP contribution < -0.4 is 5.32 Å². The Morgan fingerprint density at radius 2 is 1.88 bits per heavy atom. The van der Waals surface area contributed by atoms with E-state index in [1.807, 2.05) is 20.8 Å². The molecule has 1 atom stereocenters. The van der Waals surface area contributed by atoms with E-state index in [2.05, 4.69) is 5.32 Å². The summed E-state index contributed by atoms with van der Waals surface area (Å²) in [6.07, 6.45) is 1.08. The summed E-state index contributed by atoms with van der Waals surface area (Å²) in [7, 11) is 0. The lowest BCUT2D eigenvalue weighted by Crippen LogP contribution is -2.45. The van der Waals surface area contributed by atoms with Crippen LogP contribution in [-0.2, 0) is 4.79 Å². The standard InChI is InChI=1S/C18H25FN2O3/c1-11(2)12(3)20-17(23)13-7-9-21(10-8-13)18(24)16-14(19)5-4-6-15(16)22/h4-6,11-13,22H,7-10H2,1-3H3,(H,20,23)/t12-/m1/s1. The number of halogens is 1. The number of amides is 2. The minimum absolute atomic E-state index is 0.0111. The summed E-state index contributed by atoms with van der Waals surface area (Å²) >= 11 is 0. The van der Waals surface area contributed by atoms with E-state index in [0.717, 1.165) is 6.07 Å². The van der Waals surface area contributed by atoms with Crippen molar-refractivity contribution >= 4 is 11.8 Å². The van der Waals surface area contributed by atoms with Crippen LogP contribution in [0.15, 0.2) is 18.2 Å². The molecular weight excluding hydrogens is 311 g/mol. The second kappa shape index (κ2) is 7.64. The number of piperidine rings is 1. The zero-order valence-electron chi connectivity index (χ0n) is 14.4. The summed E-state index contributed by atoms with van der Waals surface area (Å²) in [5.74, 6) is -1.38. The van der Waals surface area contributed by atoms with Gasteiger partial charge in [-0.15, -0.1) is 0 Å². The van der Waals surface area contributed by atoms with Crippen LogP contribution in [0, 0.1) is 17.7 Å². The van der Waals surface area contributed by atoms with E-state index in [4.69, 9.17) is 0 Å². The average molecular weight is 336 g/mol. The maximum absolute atomic E-state index is 13.8. The van der Waals surface area contributed by atoms with Gasteiger partial charge in [0.05, 0.1) is 0 Å². The van der Waals surface area contributed by atoms with Gasteiger partial charge in [-0.05, 0) is 37.8 Å². The molecule has 132 valence electrons. The predicted molar refractivity (Wildman–Crippen MR) is 89.1 cm³/mol. The highest BCUT2D eigenvalue weighted by Gasteiger charge is 2.30. The smallest absolute Gasteiger partial charge is 0.260 e. The third-order valence-electron chi connectivity index (χ3n) is 4.73. The number of phenolic OH excluding ortho intramolecular Hbond substituents is 1. The fraction of sp³-hybridized carbons (Fsp3) is 0.556. The molecule has 0 saturated carbocycles. The second-order valence-corrected chi connectivity index (χ2v) is 6.74. The number of carbonyl (C=O) groups is 2. The van der Waals surface area contributed by atoms with Gasteiger partial charge in [-0.25, -0.2) is 4.39 Å². The third kappa shape index (κ3) is 4.04. The normalized spacial score (nSPS) is 17.0. The van der Waals surface area contributed by atoms with E-state index < -0.39 is 11.7 Å². The molecule has 2 amide bonds. The highest BCUT2D eigenvalue weighted by molar-refractivity contribution is 5.97. The van der Waals surface area contributed by atoms with Gasteiger partial charge in [-0.1, -0.05) is 19.9 Å². The number of hydrogen-bond donors (Lipinski definition) is 2. The molecular formula is C18H25FN2O3. The molecule has 2 rings (SSSR count). The van der Waals surface area contributed by atoms with Crippen molar-refractivity contribution < 1.29 is 19.1 Å². The summed E-state index contributed by atoms with van der Waals surface area (Å²) in [5, 5.41) is 12.7. The van der Waals surface area contributed by atoms with Gasteiger partial charge < -0.3 is 15.3 Å². The number of phenols is 1. The second-order valence-electron chi connectivity index (χ2n) is 6.74. The van der Waals surface area contributed by atoms with Crippen LogP contribution in [0.4, 0.5) is 4.39 Å². The van der Waals surface area contributed by atoms with Crippen LogP contribution in [-0.4, -0.2) is 41.0 Å². The average Bonchev–Trinajstić information content (AvgIpc) is 2.54. The van der Waals surface area contributed by atoms with E-state index in [-0.39, 0.29) is 29.2 Å². The zero-order valence-corrected chi connectivity index (χ0v) is 14.4. The fourth-order valence-electron chi connectivity index (χ4n) is 2.74. The largest absolute Gasteiger partial charge is 0.507 e. The van der Waals surface area contributed by atoms with Crippen molar-refractivity contribution in [2.45, 2.75) is 39.7 Å². The molecule has 0 radical (unpaired) electrons. The van der Waals surface area contributed by atoms with Gasteiger partial charge in [0, 0.05) is 25.0 Å². The van der Waals surface area contributed by atoms with Crippen LogP contribution in [0.2, 0.25) is 0 Å². The van der Waals surface area contributed by atoms with E-state index >= 15 is 0 Å². The van der Waals surface area contributed by atoms with E-state index in [1.54, 1.807) is 0 Å². The first-order chi connectivity index (χ1) is 11.3. The maximum Gasteiger partial charge on any atom is 0.260 e. The topological polar surface area (TPSA) is 69.6 Å². The summed E-state index contributed by atoms with van der Waals surface area (Å²) in [4.78, 5) is 26.2. The molecule has 1 aliphatic rings. The molecule has 0 bridgehead atoms. The molecule has 1 aromatic rings. The Morgan fingerprint density at radius 1 is 1.25 bits per heavy atom. The first-order valence-electron chi connectivity index (χ1n) is 8.38. The number of rotatable bonds is 4. The molecule has 0 aliphatic carbocycles. The van der Waals surface area contributed by atoms with Crippen LogP contribution in [0.5, 0.6) is 5.75 Å². The van der Waals surface area contributed by atoms with Crippen molar-refractivity contribution in [1.82, 2.24) is 10.2 Å². The fourth-order valence-corrected chi connectivity index (χ4v) is 2.74. The molecule has 0 spiro atoms. The lowest BCUT2D eigenvalue weighted by molar-refractivity contribution is -0.127. The van der Waals surface area contributed by atoms with Crippen molar-refractivity contribution in [2.75, 3.05) is 13.1 Å². The molecule has 5 nitrogen and oxygen atoms in total. The molecule has 6 heteroatoms. The van der Waals surface area contributed by atoms with Crippen molar-refractivity contribution in [3.63, 3.8) is 0 Å². The van der Waals surface area contributed by atoms with Gasteiger partial charge >= 0.3 is 0 Å². The Balaban J connectivity index is 1.95. The number of benzene rings is 1. The number of aromatic hydroxyl groups is 1. The number of hydrogen-bond acceptors (Lipinski definition) is 3. The van der Waals surface area contributed by atoms with Gasteiger partial charge in [0.15, 0.2) is 0 Å². The number of nitrogens with zero attached hydrogens (tertiary/aromatic N) is 1. The highest BCUT2D eigenvalue weighted by Crippen LogP contribution is 2.25. The molecule has 2 N–H and O–H groups in total. The van der Waals surface area contributed by atoms with Crippen molar-refractivity contribution in [2.24, 2.45) is 11.8 Å². The quantitative estimate of drug-likeness (QED) is 0.888. The Bertz CT molecular complexity index is 590. The summed E-state index contributed by atoms with van der Waals surface area (Å²) in [5.41, 5.74) is -0.297. The van der Waals surface area contributed by atoms with Gasteiger partial charge in [-0.2, -0.15) is 0 Å². The molecule has 1 aliphatic heterocycles. The monoisotopic (exact) mass is 336 g/mol. The lowest BCUT2D eigenvalue weighted by atomic mass is 9.94. The van der Waals surface area contributed by atoms with Crippen LogP contribution in [0.3, 0.4) is 0 Å². The van der Waals surface area contributed by atoms with E-state index in [9.17, 15) is 19.1 Å². The first-order valence-corrected chi connectivity index (χ1v) is 8.38. The van der Waals surface area contributed by atoms with Crippen LogP contribution in [0.1, 0.15) is 44.0 Å².